The van der Waals surface area contributed by atoms with Crippen LogP contribution in [0.3, 0.4) is 0 Å². The van der Waals surface area contributed by atoms with E-state index in [1.807, 2.05) is 29.2 Å². The molecule has 1 atom stereocenters. The van der Waals surface area contributed by atoms with Crippen molar-refractivity contribution in [1.82, 2.24) is 4.90 Å². The van der Waals surface area contributed by atoms with Gasteiger partial charge in [0.1, 0.15) is 11.9 Å². The van der Waals surface area contributed by atoms with E-state index in [2.05, 4.69) is 4.90 Å². The van der Waals surface area contributed by atoms with Crippen LogP contribution in [0.4, 0.5) is 10.1 Å². The van der Waals surface area contributed by atoms with Crippen molar-refractivity contribution >= 4 is 11.6 Å². The van der Waals surface area contributed by atoms with Gasteiger partial charge in [-0.15, -0.1) is 0 Å². The number of carbonyl (C=O) groups excluding carboxylic acids is 1. The SMILES string of the molecule is O=C(c1ccccc1N1CCOCC1)N1CCO[C@H](c2ccc(F)cc2)C1. The van der Waals surface area contributed by atoms with Crippen LogP contribution in [-0.4, -0.2) is 56.8 Å². The molecule has 2 heterocycles. The fourth-order valence-electron chi connectivity index (χ4n) is 3.62. The van der Waals surface area contributed by atoms with Crippen LogP contribution in [0.15, 0.2) is 48.5 Å². The number of para-hydroxylation sites is 1. The van der Waals surface area contributed by atoms with Crippen molar-refractivity contribution < 1.29 is 18.7 Å². The van der Waals surface area contributed by atoms with Crippen molar-refractivity contribution in [3.63, 3.8) is 0 Å². The molecular weight excluding hydrogens is 347 g/mol. The first-order chi connectivity index (χ1) is 13.2. The highest BCUT2D eigenvalue weighted by molar-refractivity contribution is 6.00. The smallest absolute Gasteiger partial charge is 0.256 e. The van der Waals surface area contributed by atoms with E-state index in [1.165, 1.54) is 12.1 Å². The average molecular weight is 370 g/mol. The fourth-order valence-corrected chi connectivity index (χ4v) is 3.62. The van der Waals surface area contributed by atoms with Crippen molar-refractivity contribution in [2.45, 2.75) is 6.10 Å². The number of hydrogen-bond donors (Lipinski definition) is 0. The number of benzene rings is 2. The molecule has 27 heavy (non-hydrogen) atoms. The minimum Gasteiger partial charge on any atom is -0.378 e. The molecule has 2 fully saturated rings. The zero-order valence-corrected chi connectivity index (χ0v) is 15.1. The van der Waals surface area contributed by atoms with Gasteiger partial charge in [-0.1, -0.05) is 24.3 Å². The summed E-state index contributed by atoms with van der Waals surface area (Å²) >= 11 is 0. The Labute approximate surface area is 158 Å². The van der Waals surface area contributed by atoms with Crippen LogP contribution in [0.2, 0.25) is 0 Å². The van der Waals surface area contributed by atoms with Gasteiger partial charge in [-0.3, -0.25) is 4.79 Å². The van der Waals surface area contributed by atoms with Gasteiger partial charge in [-0.2, -0.15) is 0 Å². The zero-order valence-electron chi connectivity index (χ0n) is 15.1. The number of anilines is 1. The van der Waals surface area contributed by atoms with Crippen LogP contribution in [0, 0.1) is 5.82 Å². The van der Waals surface area contributed by atoms with Gasteiger partial charge in [0, 0.05) is 25.3 Å². The second-order valence-electron chi connectivity index (χ2n) is 6.78. The van der Waals surface area contributed by atoms with E-state index in [9.17, 15) is 9.18 Å². The first kappa shape index (κ1) is 17.9. The third kappa shape index (κ3) is 3.96. The number of amides is 1. The second kappa shape index (κ2) is 8.06. The van der Waals surface area contributed by atoms with Crippen molar-refractivity contribution in [3.8, 4) is 0 Å². The Kier molecular flexibility index (Phi) is 5.36. The molecule has 0 aliphatic carbocycles. The molecule has 0 spiro atoms. The standard InChI is InChI=1S/C21H23FN2O3/c22-17-7-5-16(6-8-17)20-15-24(11-14-27-20)21(25)18-3-1-2-4-19(18)23-9-12-26-13-10-23/h1-8,20H,9-15H2/t20-/m0/s1. The van der Waals surface area contributed by atoms with Crippen LogP contribution in [-0.2, 0) is 9.47 Å². The molecule has 2 aromatic rings. The Morgan fingerprint density at radius 2 is 1.70 bits per heavy atom. The number of rotatable bonds is 3. The van der Waals surface area contributed by atoms with E-state index in [-0.39, 0.29) is 17.8 Å². The molecule has 0 aromatic heterocycles. The number of ether oxygens (including phenoxy) is 2. The lowest BCUT2D eigenvalue weighted by Gasteiger charge is -2.35. The summed E-state index contributed by atoms with van der Waals surface area (Å²) in [6.45, 7) is 4.39. The molecule has 4 rings (SSSR count). The van der Waals surface area contributed by atoms with Crippen molar-refractivity contribution in [2.75, 3.05) is 50.9 Å². The van der Waals surface area contributed by atoms with Crippen molar-refractivity contribution in [3.05, 3.63) is 65.5 Å². The molecule has 2 aliphatic heterocycles. The first-order valence-corrected chi connectivity index (χ1v) is 9.30. The monoisotopic (exact) mass is 370 g/mol. The Morgan fingerprint density at radius 1 is 0.963 bits per heavy atom. The van der Waals surface area contributed by atoms with Gasteiger partial charge in [-0.25, -0.2) is 4.39 Å². The molecule has 0 N–H and O–H groups in total. The topological polar surface area (TPSA) is 42.0 Å². The van der Waals surface area contributed by atoms with Gasteiger partial charge in [0.25, 0.3) is 5.91 Å². The predicted molar refractivity (Wildman–Crippen MR) is 100 cm³/mol. The largest absolute Gasteiger partial charge is 0.378 e. The molecule has 0 saturated carbocycles. The molecule has 142 valence electrons. The average Bonchev–Trinajstić information content (AvgIpc) is 2.74. The Bertz CT molecular complexity index is 790. The summed E-state index contributed by atoms with van der Waals surface area (Å²) in [5, 5.41) is 0. The van der Waals surface area contributed by atoms with E-state index in [0.717, 1.165) is 24.3 Å². The highest BCUT2D eigenvalue weighted by Crippen LogP contribution is 2.27. The van der Waals surface area contributed by atoms with E-state index in [4.69, 9.17) is 9.47 Å². The van der Waals surface area contributed by atoms with Crippen LogP contribution in [0.25, 0.3) is 0 Å². The van der Waals surface area contributed by atoms with E-state index < -0.39 is 0 Å². The number of nitrogens with zero attached hydrogens (tertiary/aromatic N) is 2. The zero-order chi connectivity index (χ0) is 18.6. The van der Waals surface area contributed by atoms with Crippen LogP contribution >= 0.6 is 0 Å². The maximum Gasteiger partial charge on any atom is 0.256 e. The maximum atomic E-state index is 13.2. The Morgan fingerprint density at radius 3 is 2.48 bits per heavy atom. The molecule has 1 amide bonds. The summed E-state index contributed by atoms with van der Waals surface area (Å²) in [5.41, 5.74) is 2.55. The second-order valence-corrected chi connectivity index (χ2v) is 6.78. The maximum absolute atomic E-state index is 13.2. The number of halogens is 1. The molecule has 2 aromatic carbocycles. The van der Waals surface area contributed by atoms with E-state index >= 15 is 0 Å². The Hall–Kier alpha value is -2.44. The van der Waals surface area contributed by atoms with Gasteiger partial charge in [0.15, 0.2) is 0 Å². The summed E-state index contributed by atoms with van der Waals surface area (Å²) in [4.78, 5) is 17.3. The number of morpholine rings is 2. The minimum atomic E-state index is -0.276. The molecule has 0 unspecified atom stereocenters. The summed E-state index contributed by atoms with van der Waals surface area (Å²) in [6.07, 6.45) is -0.237. The van der Waals surface area contributed by atoms with Gasteiger partial charge >= 0.3 is 0 Å². The van der Waals surface area contributed by atoms with Crippen molar-refractivity contribution in [1.29, 1.82) is 0 Å². The molecule has 2 saturated heterocycles. The van der Waals surface area contributed by atoms with Crippen LogP contribution < -0.4 is 4.90 Å². The highest BCUT2D eigenvalue weighted by atomic mass is 19.1. The Balaban J connectivity index is 1.53. The summed E-state index contributed by atoms with van der Waals surface area (Å²) in [7, 11) is 0. The van der Waals surface area contributed by atoms with E-state index in [0.29, 0.717) is 38.5 Å². The number of hydrogen-bond acceptors (Lipinski definition) is 4. The van der Waals surface area contributed by atoms with Gasteiger partial charge in [-0.05, 0) is 29.8 Å². The highest BCUT2D eigenvalue weighted by Gasteiger charge is 2.28. The van der Waals surface area contributed by atoms with Gasteiger partial charge < -0.3 is 19.3 Å². The lowest BCUT2D eigenvalue weighted by Crippen LogP contribution is -2.43. The lowest BCUT2D eigenvalue weighted by molar-refractivity contribution is -0.0228. The minimum absolute atomic E-state index is 0.00695. The summed E-state index contributed by atoms with van der Waals surface area (Å²) in [6, 6.07) is 14.0. The third-order valence-electron chi connectivity index (χ3n) is 5.08. The fraction of sp³-hybridized carbons (Fsp3) is 0.381. The first-order valence-electron chi connectivity index (χ1n) is 9.30. The number of carbonyl (C=O) groups is 1. The molecule has 6 heteroatoms. The predicted octanol–water partition coefficient (Wildman–Crippen LogP) is 2.88. The van der Waals surface area contributed by atoms with Crippen molar-refractivity contribution in [2.24, 2.45) is 0 Å². The molecule has 0 radical (unpaired) electrons. The summed E-state index contributed by atoms with van der Waals surface area (Å²) in [5.74, 6) is -0.269. The van der Waals surface area contributed by atoms with Crippen LogP contribution in [0.5, 0.6) is 0 Å². The molecule has 5 nitrogen and oxygen atoms in total. The normalized spacial score (nSPS) is 20.6. The van der Waals surface area contributed by atoms with Gasteiger partial charge in [0.2, 0.25) is 0 Å². The van der Waals surface area contributed by atoms with Gasteiger partial charge in [0.05, 0.1) is 31.9 Å². The molecule has 0 bridgehead atoms. The molecule has 2 aliphatic rings. The molecular formula is C21H23FN2O3. The lowest BCUT2D eigenvalue weighted by atomic mass is 10.1. The van der Waals surface area contributed by atoms with Crippen LogP contribution in [0.1, 0.15) is 22.0 Å². The quantitative estimate of drug-likeness (QED) is 0.833. The third-order valence-corrected chi connectivity index (χ3v) is 5.08. The summed E-state index contributed by atoms with van der Waals surface area (Å²) < 4.78 is 24.4. The van der Waals surface area contributed by atoms with E-state index in [1.54, 1.807) is 12.1 Å².